The van der Waals surface area contributed by atoms with Crippen LogP contribution in [0.3, 0.4) is 0 Å². The number of rotatable bonds is 10. The Morgan fingerprint density at radius 1 is 1.00 bits per heavy atom. The molecule has 0 bridgehead atoms. The molecule has 0 aromatic rings. The number of hydrogen-bond donors (Lipinski definition) is 0. The van der Waals surface area contributed by atoms with E-state index in [1.165, 1.54) is 45.1 Å². The fourth-order valence-corrected chi connectivity index (χ4v) is 1.52. The van der Waals surface area contributed by atoms with Crippen molar-refractivity contribution in [3.8, 4) is 0 Å². The molecular weight excluding hydrogens is 204 g/mol. The molecule has 0 fully saturated rings. The first-order chi connectivity index (χ1) is 7.81. The first-order valence-electron chi connectivity index (χ1n) is 6.42. The minimum absolute atomic E-state index is 0.474. The van der Waals surface area contributed by atoms with Gasteiger partial charge in [-0.2, -0.15) is 0 Å². The Morgan fingerprint density at radius 3 is 2.12 bits per heavy atom. The molecular formula is C13H25O3. The van der Waals surface area contributed by atoms with Crippen molar-refractivity contribution in [2.75, 3.05) is 6.61 Å². The van der Waals surface area contributed by atoms with Crippen molar-refractivity contribution in [2.24, 2.45) is 0 Å². The Balaban J connectivity index is 3.01. The van der Waals surface area contributed by atoms with Gasteiger partial charge in [0.1, 0.15) is 6.61 Å². The summed E-state index contributed by atoms with van der Waals surface area (Å²) in [4.78, 5) is 10.8. The third-order valence-electron chi connectivity index (χ3n) is 2.43. The van der Waals surface area contributed by atoms with Gasteiger partial charge in [-0.3, -0.25) is 0 Å². The monoisotopic (exact) mass is 229 g/mol. The van der Waals surface area contributed by atoms with Crippen molar-refractivity contribution >= 4 is 6.16 Å². The van der Waals surface area contributed by atoms with Crippen molar-refractivity contribution in [2.45, 2.75) is 65.2 Å². The van der Waals surface area contributed by atoms with Gasteiger partial charge in [-0.15, -0.1) is 0 Å². The van der Waals surface area contributed by atoms with Crippen molar-refractivity contribution in [1.82, 2.24) is 0 Å². The quantitative estimate of drug-likeness (QED) is 0.410. The molecule has 1 radical (unpaired) electrons. The molecule has 0 amide bonds. The molecule has 0 N–H and O–H groups in total. The predicted octanol–water partition coefficient (Wildman–Crippen LogP) is 4.46. The number of hydrogen-bond acceptors (Lipinski definition) is 3. The van der Waals surface area contributed by atoms with Gasteiger partial charge in [0.05, 0.1) is 6.61 Å². The third-order valence-corrected chi connectivity index (χ3v) is 2.43. The zero-order valence-electron chi connectivity index (χ0n) is 10.7. The first-order valence-corrected chi connectivity index (χ1v) is 6.42. The van der Waals surface area contributed by atoms with Crippen LogP contribution in [0.4, 0.5) is 4.79 Å². The summed E-state index contributed by atoms with van der Waals surface area (Å²) in [6.07, 6.45) is 9.35. The Kier molecular flexibility index (Phi) is 11.8. The zero-order chi connectivity index (χ0) is 12.1. The molecule has 0 heterocycles. The molecule has 0 atom stereocenters. The second kappa shape index (κ2) is 12.3. The summed E-state index contributed by atoms with van der Waals surface area (Å²) in [6, 6.07) is 0. The Labute approximate surface area is 99.5 Å². The highest BCUT2D eigenvalue weighted by molar-refractivity contribution is 5.60. The molecule has 0 aliphatic heterocycles. The molecule has 95 valence electrons. The van der Waals surface area contributed by atoms with Crippen LogP contribution < -0.4 is 0 Å². The molecule has 16 heavy (non-hydrogen) atoms. The van der Waals surface area contributed by atoms with Crippen LogP contribution in [-0.4, -0.2) is 12.8 Å². The van der Waals surface area contributed by atoms with Crippen molar-refractivity contribution in [3.63, 3.8) is 0 Å². The van der Waals surface area contributed by atoms with Gasteiger partial charge in [0.25, 0.3) is 0 Å². The van der Waals surface area contributed by atoms with E-state index in [1.807, 2.05) is 0 Å². The molecule has 0 unspecified atom stereocenters. The second-order valence-corrected chi connectivity index (χ2v) is 3.93. The molecule has 0 aromatic carbocycles. The highest BCUT2D eigenvalue weighted by Crippen LogP contribution is 2.08. The number of carbonyl (C=O) groups excluding carboxylic acids is 1. The number of unbranched alkanes of at least 4 members (excludes halogenated alkanes) is 7. The van der Waals surface area contributed by atoms with Crippen molar-refractivity contribution in [3.05, 3.63) is 6.61 Å². The SMILES string of the molecule is C[CH]OC(=O)OCCCCCCCCCC. The first kappa shape index (κ1) is 15.3. The molecule has 0 aliphatic rings. The van der Waals surface area contributed by atoms with E-state index in [2.05, 4.69) is 11.7 Å². The van der Waals surface area contributed by atoms with Gasteiger partial charge >= 0.3 is 6.16 Å². The van der Waals surface area contributed by atoms with Crippen molar-refractivity contribution < 1.29 is 14.3 Å². The minimum Gasteiger partial charge on any atom is -0.434 e. The average Bonchev–Trinajstić information content (AvgIpc) is 2.27. The lowest BCUT2D eigenvalue weighted by molar-refractivity contribution is 0.0734. The lowest BCUT2D eigenvalue weighted by atomic mass is 10.1. The molecule has 3 nitrogen and oxygen atoms in total. The average molecular weight is 229 g/mol. The van der Waals surface area contributed by atoms with Gasteiger partial charge in [0, 0.05) is 0 Å². The Morgan fingerprint density at radius 2 is 1.56 bits per heavy atom. The molecule has 0 rings (SSSR count). The summed E-state index contributed by atoms with van der Waals surface area (Å²) in [5, 5.41) is 0. The van der Waals surface area contributed by atoms with Gasteiger partial charge in [0.2, 0.25) is 0 Å². The van der Waals surface area contributed by atoms with Gasteiger partial charge in [0.15, 0.2) is 0 Å². The van der Waals surface area contributed by atoms with Crippen LogP contribution in [0, 0.1) is 6.61 Å². The van der Waals surface area contributed by atoms with E-state index in [-0.39, 0.29) is 0 Å². The van der Waals surface area contributed by atoms with Gasteiger partial charge < -0.3 is 9.47 Å². The fourth-order valence-electron chi connectivity index (χ4n) is 1.52. The van der Waals surface area contributed by atoms with Crippen molar-refractivity contribution in [1.29, 1.82) is 0 Å². The molecule has 0 spiro atoms. The summed E-state index contributed by atoms with van der Waals surface area (Å²) in [6.45, 7) is 5.68. The van der Waals surface area contributed by atoms with E-state index in [4.69, 9.17) is 4.74 Å². The fraction of sp³-hybridized carbons (Fsp3) is 0.846. The van der Waals surface area contributed by atoms with E-state index >= 15 is 0 Å². The topological polar surface area (TPSA) is 35.5 Å². The molecule has 0 aliphatic carbocycles. The molecule has 0 saturated carbocycles. The molecule has 3 heteroatoms. The summed E-state index contributed by atoms with van der Waals surface area (Å²) in [5.41, 5.74) is 0. The zero-order valence-corrected chi connectivity index (χ0v) is 10.7. The van der Waals surface area contributed by atoms with Crippen LogP contribution in [0.5, 0.6) is 0 Å². The normalized spacial score (nSPS) is 10.1. The lowest BCUT2D eigenvalue weighted by Gasteiger charge is -2.04. The van der Waals surface area contributed by atoms with Crippen LogP contribution in [0.15, 0.2) is 0 Å². The smallest absolute Gasteiger partial charge is 0.434 e. The minimum atomic E-state index is -0.592. The van der Waals surface area contributed by atoms with Gasteiger partial charge in [-0.05, 0) is 13.3 Å². The molecule has 0 aromatic heterocycles. The maximum absolute atomic E-state index is 10.8. The second-order valence-electron chi connectivity index (χ2n) is 3.93. The van der Waals surface area contributed by atoms with E-state index in [0.29, 0.717) is 6.61 Å². The van der Waals surface area contributed by atoms with Gasteiger partial charge in [-0.25, -0.2) is 4.79 Å². The van der Waals surface area contributed by atoms with Gasteiger partial charge in [-0.1, -0.05) is 51.9 Å². The van der Waals surface area contributed by atoms with Crippen LogP contribution in [0.1, 0.15) is 65.2 Å². The van der Waals surface area contributed by atoms with Crippen LogP contribution in [-0.2, 0) is 9.47 Å². The van der Waals surface area contributed by atoms with E-state index in [0.717, 1.165) is 12.8 Å². The predicted molar refractivity (Wildman–Crippen MR) is 65.0 cm³/mol. The summed E-state index contributed by atoms with van der Waals surface area (Å²) < 4.78 is 9.36. The lowest BCUT2D eigenvalue weighted by Crippen LogP contribution is -2.05. The Hall–Kier alpha value is -0.730. The standard InChI is InChI=1S/C13H25O3/c1-3-5-6-7-8-9-10-11-12-16-13(14)15-4-2/h4H,3,5-12H2,1-2H3. The number of carbonyl (C=O) groups is 1. The van der Waals surface area contributed by atoms with E-state index in [9.17, 15) is 4.79 Å². The van der Waals surface area contributed by atoms with Crippen LogP contribution >= 0.6 is 0 Å². The van der Waals surface area contributed by atoms with Crippen LogP contribution in [0.2, 0.25) is 0 Å². The maximum Gasteiger partial charge on any atom is 0.508 e. The highest BCUT2D eigenvalue weighted by atomic mass is 16.7. The maximum atomic E-state index is 10.8. The highest BCUT2D eigenvalue weighted by Gasteiger charge is 2.00. The summed E-state index contributed by atoms with van der Waals surface area (Å²) in [5.74, 6) is 0. The largest absolute Gasteiger partial charge is 0.508 e. The third kappa shape index (κ3) is 11.3. The Bertz CT molecular complexity index is 157. The summed E-state index contributed by atoms with van der Waals surface area (Å²) in [7, 11) is 0. The van der Waals surface area contributed by atoms with Crippen LogP contribution in [0.25, 0.3) is 0 Å². The number of ether oxygens (including phenoxy) is 2. The summed E-state index contributed by atoms with van der Waals surface area (Å²) >= 11 is 0. The van der Waals surface area contributed by atoms with E-state index in [1.54, 1.807) is 6.92 Å². The van der Waals surface area contributed by atoms with E-state index < -0.39 is 6.16 Å². The molecule has 0 saturated heterocycles.